The van der Waals surface area contributed by atoms with Crippen LogP contribution in [0.1, 0.15) is 18.1 Å². The van der Waals surface area contributed by atoms with Crippen LogP contribution in [0.25, 0.3) is 10.9 Å². The van der Waals surface area contributed by atoms with Crippen LogP contribution in [0, 0.1) is 0 Å². The van der Waals surface area contributed by atoms with Gasteiger partial charge in [-0.25, -0.2) is 4.79 Å². The second-order valence-electron chi connectivity index (χ2n) is 9.23. The summed E-state index contributed by atoms with van der Waals surface area (Å²) < 4.78 is 0. The summed E-state index contributed by atoms with van der Waals surface area (Å²) in [4.78, 5) is 53.3. The van der Waals surface area contributed by atoms with Crippen molar-refractivity contribution in [3.05, 3.63) is 71.9 Å². The Labute approximate surface area is 224 Å². The monoisotopic (exact) mass is 539 g/mol. The molecule has 208 valence electrons. The normalized spacial score (nSPS) is 15.0. The molecule has 3 rings (SSSR count). The van der Waals surface area contributed by atoms with Gasteiger partial charge < -0.3 is 42.0 Å². The number of H-pyrrole nitrogens is 1. The molecule has 12 nitrogen and oxygen atoms in total. The number of carboxylic acids is 1. The van der Waals surface area contributed by atoms with Gasteiger partial charge in [-0.15, -0.1) is 0 Å². The van der Waals surface area contributed by atoms with Gasteiger partial charge >= 0.3 is 5.97 Å². The van der Waals surface area contributed by atoms with Gasteiger partial charge in [0.2, 0.25) is 17.7 Å². The number of aliphatic carboxylic acids is 1. The summed E-state index contributed by atoms with van der Waals surface area (Å²) in [5.41, 5.74) is 8.64. The van der Waals surface area contributed by atoms with Crippen molar-refractivity contribution >= 4 is 34.6 Å². The number of fused-ring (bicyclic) bond motifs is 1. The number of aliphatic hydroxyl groups excluding tert-OH is 2. The minimum Gasteiger partial charge on any atom is -0.480 e. The van der Waals surface area contributed by atoms with E-state index in [4.69, 9.17) is 10.8 Å². The number of aromatic nitrogens is 1. The summed E-state index contributed by atoms with van der Waals surface area (Å²) in [6.45, 7) is 0.351. The molecule has 0 aliphatic carbocycles. The first-order chi connectivity index (χ1) is 18.6. The number of carboxylic acid groups (broad SMARTS) is 1. The van der Waals surface area contributed by atoms with E-state index >= 15 is 0 Å². The zero-order valence-corrected chi connectivity index (χ0v) is 21.3. The Bertz CT molecular complexity index is 1290. The number of hydrogen-bond donors (Lipinski definition) is 8. The fraction of sp³-hybridized carbons (Fsp3) is 0.333. The van der Waals surface area contributed by atoms with Crippen LogP contribution in [0.3, 0.4) is 0 Å². The quantitative estimate of drug-likeness (QED) is 0.137. The number of benzene rings is 2. The van der Waals surface area contributed by atoms with Crippen molar-refractivity contribution < 1.29 is 34.5 Å². The first-order valence-corrected chi connectivity index (χ1v) is 12.4. The third kappa shape index (κ3) is 7.87. The Morgan fingerprint density at radius 3 is 2.15 bits per heavy atom. The van der Waals surface area contributed by atoms with Gasteiger partial charge in [0.15, 0.2) is 0 Å². The first kappa shape index (κ1) is 29.3. The van der Waals surface area contributed by atoms with E-state index in [0.717, 1.165) is 16.5 Å². The number of hydrogen-bond acceptors (Lipinski definition) is 7. The van der Waals surface area contributed by atoms with Crippen molar-refractivity contribution in [1.82, 2.24) is 20.9 Å². The summed E-state index contributed by atoms with van der Waals surface area (Å²) >= 11 is 0. The van der Waals surface area contributed by atoms with Gasteiger partial charge in [0.05, 0.1) is 18.8 Å². The maximum Gasteiger partial charge on any atom is 0.328 e. The highest BCUT2D eigenvalue weighted by atomic mass is 16.4. The predicted octanol–water partition coefficient (Wildman–Crippen LogP) is -0.807. The molecule has 0 aliphatic heterocycles. The first-order valence-electron chi connectivity index (χ1n) is 12.4. The highest BCUT2D eigenvalue weighted by Crippen LogP contribution is 2.19. The van der Waals surface area contributed by atoms with Crippen molar-refractivity contribution in [2.24, 2.45) is 5.73 Å². The number of nitrogens with one attached hydrogen (secondary N) is 4. The van der Waals surface area contributed by atoms with Gasteiger partial charge in [-0.05, 0) is 30.5 Å². The van der Waals surface area contributed by atoms with Crippen LogP contribution in [-0.4, -0.2) is 80.9 Å². The van der Waals surface area contributed by atoms with Crippen molar-refractivity contribution in [2.75, 3.05) is 6.61 Å². The molecule has 0 radical (unpaired) electrons. The van der Waals surface area contributed by atoms with Crippen LogP contribution >= 0.6 is 0 Å². The zero-order chi connectivity index (χ0) is 28.5. The summed E-state index contributed by atoms with van der Waals surface area (Å²) in [5, 5.41) is 36.4. The van der Waals surface area contributed by atoms with Gasteiger partial charge in [0.1, 0.15) is 18.1 Å². The standard InChI is InChI=1S/C27H33N5O7/c1-15(34)23(26(37)31-22(14-33)27(38)39)32-25(36)21(11-16-7-3-2-4-8-16)30-24(35)19(28)12-17-13-29-20-10-6-5-9-18(17)20/h2-10,13,15,19,21-23,29,33-34H,11-12,14,28H2,1H3,(H,30,35)(H,31,37)(H,32,36)(H,38,39). The average Bonchev–Trinajstić information content (AvgIpc) is 3.32. The molecular formula is C27H33N5O7. The van der Waals surface area contributed by atoms with Gasteiger partial charge in [-0.3, -0.25) is 14.4 Å². The molecule has 1 heterocycles. The van der Waals surface area contributed by atoms with E-state index in [0.29, 0.717) is 5.56 Å². The number of rotatable bonds is 13. The van der Waals surface area contributed by atoms with Crippen LogP contribution in [0.5, 0.6) is 0 Å². The molecule has 3 aromatic rings. The van der Waals surface area contributed by atoms with Gasteiger partial charge in [-0.2, -0.15) is 0 Å². The number of nitrogens with two attached hydrogens (primary N) is 1. The number of para-hydroxylation sites is 1. The predicted molar refractivity (Wildman–Crippen MR) is 142 cm³/mol. The van der Waals surface area contributed by atoms with Crippen molar-refractivity contribution in [1.29, 1.82) is 0 Å². The van der Waals surface area contributed by atoms with Gasteiger partial charge in [-0.1, -0.05) is 48.5 Å². The highest BCUT2D eigenvalue weighted by Gasteiger charge is 2.32. The lowest BCUT2D eigenvalue weighted by atomic mass is 10.0. The Balaban J connectivity index is 1.75. The fourth-order valence-corrected chi connectivity index (χ4v) is 4.07. The number of aliphatic hydroxyl groups is 2. The highest BCUT2D eigenvalue weighted by molar-refractivity contribution is 5.95. The third-order valence-corrected chi connectivity index (χ3v) is 6.23. The number of carbonyl (C=O) groups is 4. The van der Waals surface area contributed by atoms with Crippen LogP contribution in [-0.2, 0) is 32.0 Å². The zero-order valence-electron chi connectivity index (χ0n) is 21.3. The van der Waals surface area contributed by atoms with E-state index in [1.807, 2.05) is 24.3 Å². The second kappa shape index (κ2) is 13.5. The van der Waals surface area contributed by atoms with E-state index in [9.17, 15) is 29.4 Å². The van der Waals surface area contributed by atoms with Crippen molar-refractivity contribution in [2.45, 2.75) is 50.0 Å². The molecule has 5 unspecified atom stereocenters. The molecule has 0 saturated heterocycles. The number of amides is 3. The molecule has 39 heavy (non-hydrogen) atoms. The average molecular weight is 540 g/mol. The van der Waals surface area contributed by atoms with E-state index in [2.05, 4.69) is 20.9 Å². The summed E-state index contributed by atoms with van der Waals surface area (Å²) in [7, 11) is 0. The van der Waals surface area contributed by atoms with E-state index < -0.39 is 60.6 Å². The lowest BCUT2D eigenvalue weighted by Gasteiger charge is -2.26. The minimum absolute atomic E-state index is 0.0563. The van der Waals surface area contributed by atoms with Gasteiger partial charge in [0, 0.05) is 23.5 Å². The van der Waals surface area contributed by atoms with Crippen LogP contribution < -0.4 is 21.7 Å². The van der Waals surface area contributed by atoms with Crippen LogP contribution in [0.2, 0.25) is 0 Å². The summed E-state index contributed by atoms with van der Waals surface area (Å²) in [5.74, 6) is -3.88. The third-order valence-electron chi connectivity index (χ3n) is 6.23. The van der Waals surface area contributed by atoms with Crippen molar-refractivity contribution in [3.63, 3.8) is 0 Å². The Hall–Kier alpha value is -4.26. The minimum atomic E-state index is -1.63. The molecule has 0 fully saturated rings. The fourth-order valence-electron chi connectivity index (χ4n) is 4.07. The van der Waals surface area contributed by atoms with Crippen LogP contribution in [0.15, 0.2) is 60.8 Å². The summed E-state index contributed by atoms with van der Waals surface area (Å²) in [6, 6.07) is 11.1. The molecular weight excluding hydrogens is 506 g/mol. The smallest absolute Gasteiger partial charge is 0.328 e. The van der Waals surface area contributed by atoms with E-state index in [1.54, 1.807) is 36.5 Å². The van der Waals surface area contributed by atoms with E-state index in [-0.39, 0.29) is 12.8 Å². The lowest BCUT2D eigenvalue weighted by molar-refractivity contribution is -0.144. The van der Waals surface area contributed by atoms with Crippen molar-refractivity contribution in [3.8, 4) is 0 Å². The molecule has 1 aromatic heterocycles. The largest absolute Gasteiger partial charge is 0.480 e. The number of aromatic amines is 1. The Morgan fingerprint density at radius 1 is 0.872 bits per heavy atom. The van der Waals surface area contributed by atoms with Gasteiger partial charge in [0.25, 0.3) is 0 Å². The van der Waals surface area contributed by atoms with Crippen LogP contribution in [0.4, 0.5) is 0 Å². The maximum absolute atomic E-state index is 13.3. The number of carbonyl (C=O) groups excluding carboxylic acids is 3. The molecule has 0 bridgehead atoms. The molecule has 2 aromatic carbocycles. The Morgan fingerprint density at radius 2 is 1.51 bits per heavy atom. The van der Waals surface area contributed by atoms with E-state index in [1.165, 1.54) is 6.92 Å². The Kier molecular flexibility index (Phi) is 10.1. The molecule has 9 N–H and O–H groups in total. The molecule has 12 heteroatoms. The molecule has 0 aliphatic rings. The molecule has 0 saturated carbocycles. The molecule has 0 spiro atoms. The topological polar surface area (TPSA) is 207 Å². The summed E-state index contributed by atoms with van der Waals surface area (Å²) in [6.07, 6.45) is 0.612. The SMILES string of the molecule is CC(O)C(NC(=O)C(Cc1ccccc1)NC(=O)C(N)Cc1c[nH]c2ccccc12)C(=O)NC(CO)C(=O)O. The maximum atomic E-state index is 13.3. The molecule has 5 atom stereocenters. The lowest BCUT2D eigenvalue weighted by Crippen LogP contribution is -2.60. The molecule has 3 amide bonds. The second-order valence-corrected chi connectivity index (χ2v) is 9.23.